The van der Waals surface area contributed by atoms with Crippen LogP contribution in [0.1, 0.15) is 0 Å². The van der Waals surface area contributed by atoms with E-state index in [0.29, 0.717) is 22.9 Å². The molecule has 150 valence electrons. The van der Waals surface area contributed by atoms with Crippen LogP contribution in [0.2, 0.25) is 0 Å². The molecule has 0 radical (unpaired) electrons. The Labute approximate surface area is 163 Å². The number of hydrogen-bond donors (Lipinski definition) is 1. The smallest absolute Gasteiger partial charge is 0.322 e. The summed E-state index contributed by atoms with van der Waals surface area (Å²) in [7, 11) is 0.993. The molecule has 0 aliphatic carbocycles. The Morgan fingerprint density at radius 3 is 2.25 bits per heavy atom. The molecular formula is C19H22N2O6S. The van der Waals surface area contributed by atoms with Crippen LogP contribution in [-0.2, 0) is 9.84 Å². The molecule has 2 aromatic rings. The standard InChI is InChI=1S/C19H22N2O6S/c1-25-13-7-9-14(10-8-13)28(23,24)15-11-21(12-15)19(22)20-16-5-4-6-17(26-2)18(16)27-3/h4-10,15H,11-12H2,1-3H3,(H,20,22). The van der Waals surface area contributed by atoms with Gasteiger partial charge in [0.25, 0.3) is 0 Å². The van der Waals surface area contributed by atoms with Crippen molar-refractivity contribution < 1.29 is 27.4 Å². The molecule has 1 fully saturated rings. The fraction of sp³-hybridized carbons (Fsp3) is 0.316. The zero-order valence-corrected chi connectivity index (χ0v) is 16.7. The number of para-hydroxylation sites is 1. The highest BCUT2D eigenvalue weighted by molar-refractivity contribution is 7.92. The molecule has 1 N–H and O–H groups in total. The van der Waals surface area contributed by atoms with E-state index in [1.54, 1.807) is 30.3 Å². The number of nitrogens with zero attached hydrogens (tertiary/aromatic N) is 1. The second-order valence-electron chi connectivity index (χ2n) is 6.22. The van der Waals surface area contributed by atoms with Crippen molar-refractivity contribution in [2.45, 2.75) is 10.1 Å². The molecule has 1 aliphatic rings. The van der Waals surface area contributed by atoms with Gasteiger partial charge in [-0.05, 0) is 36.4 Å². The van der Waals surface area contributed by atoms with E-state index in [-0.39, 0.29) is 18.0 Å². The molecule has 2 amide bonds. The van der Waals surface area contributed by atoms with Crippen molar-refractivity contribution in [2.24, 2.45) is 0 Å². The van der Waals surface area contributed by atoms with E-state index in [9.17, 15) is 13.2 Å². The number of carbonyl (C=O) groups is 1. The highest BCUT2D eigenvalue weighted by atomic mass is 32.2. The third kappa shape index (κ3) is 3.70. The molecule has 9 heteroatoms. The van der Waals surface area contributed by atoms with E-state index in [1.807, 2.05) is 0 Å². The zero-order valence-electron chi connectivity index (χ0n) is 15.8. The van der Waals surface area contributed by atoms with E-state index in [2.05, 4.69) is 5.32 Å². The van der Waals surface area contributed by atoms with Gasteiger partial charge in [0.1, 0.15) is 11.0 Å². The maximum Gasteiger partial charge on any atom is 0.322 e. The molecule has 2 aromatic carbocycles. The molecule has 8 nitrogen and oxygen atoms in total. The van der Waals surface area contributed by atoms with E-state index >= 15 is 0 Å². The fourth-order valence-electron chi connectivity index (χ4n) is 2.94. The first kappa shape index (κ1) is 19.8. The van der Waals surface area contributed by atoms with E-state index in [4.69, 9.17) is 14.2 Å². The van der Waals surface area contributed by atoms with Crippen LogP contribution in [0, 0.1) is 0 Å². The number of amides is 2. The lowest BCUT2D eigenvalue weighted by Gasteiger charge is -2.38. The molecule has 0 spiro atoms. The Bertz CT molecular complexity index is 953. The SMILES string of the molecule is COc1ccc(S(=O)(=O)C2CN(C(=O)Nc3cccc(OC)c3OC)C2)cc1. The maximum absolute atomic E-state index is 12.7. The molecule has 1 aliphatic heterocycles. The van der Waals surface area contributed by atoms with Gasteiger partial charge < -0.3 is 24.4 Å². The Kier molecular flexibility index (Phi) is 5.64. The molecule has 0 atom stereocenters. The van der Waals surface area contributed by atoms with E-state index in [0.717, 1.165) is 0 Å². The summed E-state index contributed by atoms with van der Waals surface area (Å²) in [5.41, 5.74) is 0.452. The molecule has 1 heterocycles. The summed E-state index contributed by atoms with van der Waals surface area (Å²) >= 11 is 0. The van der Waals surface area contributed by atoms with Gasteiger partial charge in [0.05, 0.1) is 31.9 Å². The first-order valence-electron chi connectivity index (χ1n) is 8.55. The molecule has 0 aromatic heterocycles. The first-order valence-corrected chi connectivity index (χ1v) is 10.1. The van der Waals surface area contributed by atoms with Crippen LogP contribution < -0.4 is 19.5 Å². The summed E-state index contributed by atoms with van der Waals surface area (Å²) in [6.45, 7) is 0.235. The first-order chi connectivity index (χ1) is 13.4. The van der Waals surface area contributed by atoms with Gasteiger partial charge in [-0.2, -0.15) is 0 Å². The van der Waals surface area contributed by atoms with Crippen LogP contribution in [0.25, 0.3) is 0 Å². The number of likely N-dealkylation sites (tertiary alicyclic amines) is 1. The molecule has 0 bridgehead atoms. The van der Waals surface area contributed by atoms with Crippen LogP contribution in [-0.4, -0.2) is 59.0 Å². The molecule has 3 rings (SSSR count). The second kappa shape index (κ2) is 7.97. The molecule has 1 saturated heterocycles. The molecule has 0 unspecified atom stereocenters. The number of hydrogen-bond acceptors (Lipinski definition) is 6. The van der Waals surface area contributed by atoms with Gasteiger partial charge in [-0.1, -0.05) is 6.07 Å². The van der Waals surface area contributed by atoms with Gasteiger partial charge in [-0.25, -0.2) is 13.2 Å². The van der Waals surface area contributed by atoms with Crippen molar-refractivity contribution in [3.63, 3.8) is 0 Å². The van der Waals surface area contributed by atoms with Crippen molar-refractivity contribution in [2.75, 3.05) is 39.7 Å². The third-order valence-corrected chi connectivity index (χ3v) is 6.71. The predicted octanol–water partition coefficient (Wildman–Crippen LogP) is 2.40. The van der Waals surface area contributed by atoms with Gasteiger partial charge in [0, 0.05) is 13.1 Å². The summed E-state index contributed by atoms with van der Waals surface area (Å²) < 4.78 is 40.9. The van der Waals surface area contributed by atoms with Gasteiger partial charge in [0.15, 0.2) is 21.3 Å². The Hall–Kier alpha value is -2.94. The highest BCUT2D eigenvalue weighted by Gasteiger charge is 2.40. The summed E-state index contributed by atoms with van der Waals surface area (Å²) in [6, 6.07) is 11.0. The van der Waals surface area contributed by atoms with Crippen LogP contribution in [0.5, 0.6) is 17.2 Å². The normalized spacial score (nSPS) is 14.2. The number of nitrogens with one attached hydrogen (secondary N) is 1. The lowest BCUT2D eigenvalue weighted by atomic mass is 10.2. The maximum atomic E-state index is 12.7. The number of methoxy groups -OCH3 is 3. The zero-order chi connectivity index (χ0) is 20.3. The summed E-state index contributed by atoms with van der Waals surface area (Å²) in [6.07, 6.45) is 0. The largest absolute Gasteiger partial charge is 0.497 e. The number of ether oxygens (including phenoxy) is 3. The quantitative estimate of drug-likeness (QED) is 0.792. The minimum Gasteiger partial charge on any atom is -0.497 e. The predicted molar refractivity (Wildman–Crippen MR) is 104 cm³/mol. The van der Waals surface area contributed by atoms with Gasteiger partial charge in [0.2, 0.25) is 0 Å². The molecular weight excluding hydrogens is 384 g/mol. The Morgan fingerprint density at radius 1 is 1.00 bits per heavy atom. The van der Waals surface area contributed by atoms with Crippen molar-refractivity contribution in [1.82, 2.24) is 4.90 Å². The number of rotatable bonds is 6. The van der Waals surface area contributed by atoms with Crippen LogP contribution in [0.3, 0.4) is 0 Å². The average molecular weight is 406 g/mol. The number of carbonyl (C=O) groups excluding carboxylic acids is 1. The topological polar surface area (TPSA) is 94.2 Å². The minimum atomic E-state index is -3.51. The fourth-order valence-corrected chi connectivity index (χ4v) is 4.59. The van der Waals surface area contributed by atoms with Crippen molar-refractivity contribution >= 4 is 21.6 Å². The average Bonchev–Trinajstić information content (AvgIpc) is 2.66. The van der Waals surface area contributed by atoms with Gasteiger partial charge in [-0.15, -0.1) is 0 Å². The molecule has 0 saturated carbocycles. The Balaban J connectivity index is 1.65. The Morgan fingerprint density at radius 2 is 1.68 bits per heavy atom. The van der Waals surface area contributed by atoms with Gasteiger partial charge >= 0.3 is 6.03 Å². The van der Waals surface area contributed by atoms with Crippen molar-refractivity contribution in [1.29, 1.82) is 0 Å². The monoisotopic (exact) mass is 406 g/mol. The lowest BCUT2D eigenvalue weighted by Crippen LogP contribution is -2.58. The summed E-state index contributed by atoms with van der Waals surface area (Å²) in [5.74, 6) is 1.48. The lowest BCUT2D eigenvalue weighted by molar-refractivity contribution is 0.182. The second-order valence-corrected chi connectivity index (χ2v) is 8.45. The highest BCUT2D eigenvalue weighted by Crippen LogP contribution is 2.35. The van der Waals surface area contributed by atoms with E-state index in [1.165, 1.54) is 38.4 Å². The van der Waals surface area contributed by atoms with Crippen molar-refractivity contribution in [3.8, 4) is 17.2 Å². The third-order valence-electron chi connectivity index (χ3n) is 4.61. The van der Waals surface area contributed by atoms with E-state index < -0.39 is 21.1 Å². The number of urea groups is 1. The van der Waals surface area contributed by atoms with Crippen LogP contribution >= 0.6 is 0 Å². The molecule has 28 heavy (non-hydrogen) atoms. The number of sulfone groups is 1. The number of benzene rings is 2. The van der Waals surface area contributed by atoms with Crippen LogP contribution in [0.4, 0.5) is 10.5 Å². The summed E-state index contributed by atoms with van der Waals surface area (Å²) in [4.78, 5) is 14.1. The summed E-state index contributed by atoms with van der Waals surface area (Å²) in [5, 5.41) is 2.10. The van der Waals surface area contributed by atoms with Crippen LogP contribution in [0.15, 0.2) is 47.4 Å². The van der Waals surface area contributed by atoms with Gasteiger partial charge in [-0.3, -0.25) is 0 Å². The minimum absolute atomic E-state index is 0.118. The number of anilines is 1. The van der Waals surface area contributed by atoms with Crippen molar-refractivity contribution in [3.05, 3.63) is 42.5 Å².